The lowest BCUT2D eigenvalue weighted by molar-refractivity contribution is 0.0733. The van der Waals surface area contributed by atoms with Gasteiger partial charge in [-0.25, -0.2) is 0 Å². The molecule has 1 aromatic heterocycles. The summed E-state index contributed by atoms with van der Waals surface area (Å²) in [5.74, 6) is 0.784. The highest BCUT2D eigenvalue weighted by Gasteiger charge is 2.33. The number of aromatic nitrogens is 1. The molecule has 1 saturated heterocycles. The van der Waals surface area contributed by atoms with E-state index in [0.717, 1.165) is 12.0 Å². The fourth-order valence-electron chi connectivity index (χ4n) is 2.90. The van der Waals surface area contributed by atoms with E-state index in [1.54, 1.807) is 18.2 Å². The minimum atomic E-state index is -0.111. The van der Waals surface area contributed by atoms with Crippen molar-refractivity contribution in [2.45, 2.75) is 19.4 Å². The molecule has 2 atom stereocenters. The van der Waals surface area contributed by atoms with Crippen LogP contribution in [0.15, 0.2) is 34.9 Å². The van der Waals surface area contributed by atoms with Crippen molar-refractivity contribution in [2.75, 3.05) is 13.1 Å². The van der Waals surface area contributed by atoms with Crippen molar-refractivity contribution in [3.05, 3.63) is 41.0 Å². The Hall–Kier alpha value is -1.85. The number of nitrogens with two attached hydrogens (primary N) is 1. The molecule has 1 aliphatic rings. The molecule has 5 nitrogen and oxygen atoms in total. The molecule has 2 heterocycles. The quantitative estimate of drug-likeness (QED) is 0.944. The normalized spacial score (nSPS) is 21.3. The molecule has 1 aliphatic heterocycles. The zero-order valence-electron chi connectivity index (χ0n) is 12.3. The summed E-state index contributed by atoms with van der Waals surface area (Å²) in [7, 11) is 0. The Morgan fingerprint density at radius 2 is 2.32 bits per heavy atom. The van der Waals surface area contributed by atoms with Crippen molar-refractivity contribution in [3.8, 4) is 11.3 Å². The van der Waals surface area contributed by atoms with Crippen molar-refractivity contribution < 1.29 is 9.32 Å². The average Bonchev–Trinajstić information content (AvgIpc) is 3.13. The van der Waals surface area contributed by atoms with E-state index in [2.05, 4.69) is 5.16 Å². The Kier molecular flexibility index (Phi) is 4.18. The summed E-state index contributed by atoms with van der Waals surface area (Å²) in [5.41, 5.74) is 6.83. The predicted octanol–water partition coefficient (Wildman–Crippen LogP) is 2.80. The van der Waals surface area contributed by atoms with Crippen LogP contribution in [0.1, 0.15) is 23.8 Å². The molecular formula is C16H18ClN3O2. The number of rotatable bonds is 3. The lowest BCUT2D eigenvalue weighted by atomic mass is 10.1. The van der Waals surface area contributed by atoms with Gasteiger partial charge in [-0.2, -0.15) is 0 Å². The summed E-state index contributed by atoms with van der Waals surface area (Å²) in [5, 5.41) is 4.52. The van der Waals surface area contributed by atoms with Gasteiger partial charge in [-0.3, -0.25) is 4.79 Å². The first-order valence-corrected chi connectivity index (χ1v) is 7.70. The molecule has 1 amide bonds. The van der Waals surface area contributed by atoms with E-state index in [1.807, 2.05) is 24.0 Å². The first kappa shape index (κ1) is 15.1. The van der Waals surface area contributed by atoms with E-state index in [4.69, 9.17) is 21.9 Å². The van der Waals surface area contributed by atoms with E-state index in [0.29, 0.717) is 35.5 Å². The Balaban J connectivity index is 1.80. The van der Waals surface area contributed by atoms with Gasteiger partial charge in [0.1, 0.15) is 0 Å². The van der Waals surface area contributed by atoms with Gasteiger partial charge in [0.15, 0.2) is 11.5 Å². The van der Waals surface area contributed by atoms with Crippen LogP contribution in [0.5, 0.6) is 0 Å². The smallest absolute Gasteiger partial charge is 0.276 e. The van der Waals surface area contributed by atoms with Gasteiger partial charge in [0.25, 0.3) is 5.91 Å². The summed E-state index contributed by atoms with van der Waals surface area (Å²) in [6.07, 6.45) is 0.932. The number of amides is 1. The largest absolute Gasteiger partial charge is 0.355 e. The molecule has 22 heavy (non-hydrogen) atoms. The summed E-state index contributed by atoms with van der Waals surface area (Å²) >= 11 is 5.97. The molecule has 0 spiro atoms. The number of likely N-dealkylation sites (tertiary alicyclic amines) is 1. The summed E-state index contributed by atoms with van der Waals surface area (Å²) in [6.45, 7) is 3.31. The van der Waals surface area contributed by atoms with Crippen molar-refractivity contribution in [2.24, 2.45) is 11.7 Å². The van der Waals surface area contributed by atoms with E-state index >= 15 is 0 Å². The zero-order valence-corrected chi connectivity index (χ0v) is 13.1. The lowest BCUT2D eigenvalue weighted by Gasteiger charge is -2.19. The topological polar surface area (TPSA) is 72.4 Å². The van der Waals surface area contributed by atoms with Crippen LogP contribution in [0, 0.1) is 5.92 Å². The van der Waals surface area contributed by atoms with Crippen LogP contribution in [-0.2, 0) is 0 Å². The van der Waals surface area contributed by atoms with Crippen LogP contribution in [0.2, 0.25) is 5.02 Å². The van der Waals surface area contributed by atoms with Gasteiger partial charge in [-0.15, -0.1) is 0 Å². The highest BCUT2D eigenvalue weighted by molar-refractivity contribution is 6.30. The highest BCUT2D eigenvalue weighted by Crippen LogP contribution is 2.27. The van der Waals surface area contributed by atoms with Crippen molar-refractivity contribution in [3.63, 3.8) is 0 Å². The van der Waals surface area contributed by atoms with E-state index in [9.17, 15) is 4.79 Å². The van der Waals surface area contributed by atoms with Crippen LogP contribution in [0.4, 0.5) is 0 Å². The number of halogens is 1. The molecule has 6 heteroatoms. The summed E-state index contributed by atoms with van der Waals surface area (Å²) in [4.78, 5) is 14.4. The fourth-order valence-corrected chi connectivity index (χ4v) is 3.09. The third kappa shape index (κ3) is 2.87. The monoisotopic (exact) mass is 319 g/mol. The van der Waals surface area contributed by atoms with Gasteiger partial charge >= 0.3 is 0 Å². The number of carbonyl (C=O) groups excluding carboxylic acids is 1. The fraction of sp³-hybridized carbons (Fsp3) is 0.375. The molecule has 0 aliphatic carbocycles. The van der Waals surface area contributed by atoms with Crippen LogP contribution < -0.4 is 5.73 Å². The minimum absolute atomic E-state index is 0.111. The molecule has 2 N–H and O–H groups in total. The Morgan fingerprint density at radius 1 is 1.50 bits per heavy atom. The maximum Gasteiger partial charge on any atom is 0.276 e. The molecule has 0 bridgehead atoms. The van der Waals surface area contributed by atoms with E-state index in [-0.39, 0.29) is 11.9 Å². The van der Waals surface area contributed by atoms with Gasteiger partial charge in [0.05, 0.1) is 0 Å². The molecule has 2 unspecified atom stereocenters. The number of hydrogen-bond donors (Lipinski definition) is 1. The maximum absolute atomic E-state index is 12.6. The molecule has 0 saturated carbocycles. The van der Waals surface area contributed by atoms with Gasteiger partial charge in [-0.1, -0.05) is 28.9 Å². The third-order valence-electron chi connectivity index (χ3n) is 4.09. The Labute approximate surface area is 134 Å². The second-order valence-electron chi connectivity index (χ2n) is 5.73. The van der Waals surface area contributed by atoms with E-state index in [1.165, 1.54) is 0 Å². The van der Waals surface area contributed by atoms with Crippen LogP contribution in [0.25, 0.3) is 11.3 Å². The molecule has 2 aromatic rings. The lowest BCUT2D eigenvalue weighted by Crippen LogP contribution is -2.34. The minimum Gasteiger partial charge on any atom is -0.355 e. The zero-order chi connectivity index (χ0) is 15.7. The van der Waals surface area contributed by atoms with Crippen molar-refractivity contribution in [1.82, 2.24) is 10.1 Å². The van der Waals surface area contributed by atoms with Gasteiger partial charge < -0.3 is 15.2 Å². The number of carbonyl (C=O) groups is 1. The van der Waals surface area contributed by atoms with E-state index < -0.39 is 0 Å². The maximum atomic E-state index is 12.6. The van der Waals surface area contributed by atoms with Gasteiger partial charge in [0, 0.05) is 29.2 Å². The number of benzene rings is 1. The van der Waals surface area contributed by atoms with Crippen LogP contribution in [0.3, 0.4) is 0 Å². The number of nitrogens with zero attached hydrogens (tertiary/aromatic N) is 2. The standard InChI is InChI=1S/C16H18ClN3O2/c1-10-5-11(8-18)9-20(10)16(21)14-7-15(22-19-14)12-3-2-4-13(17)6-12/h2-4,6-7,10-11H,5,8-9,18H2,1H3. The van der Waals surface area contributed by atoms with Crippen LogP contribution in [-0.4, -0.2) is 35.1 Å². The van der Waals surface area contributed by atoms with Crippen molar-refractivity contribution >= 4 is 17.5 Å². The second-order valence-corrected chi connectivity index (χ2v) is 6.17. The van der Waals surface area contributed by atoms with Gasteiger partial charge in [0.2, 0.25) is 0 Å². The predicted molar refractivity (Wildman–Crippen MR) is 84.6 cm³/mol. The molecule has 116 valence electrons. The van der Waals surface area contributed by atoms with Gasteiger partial charge in [-0.05, 0) is 37.9 Å². The molecule has 1 fully saturated rings. The molecule has 0 radical (unpaired) electrons. The first-order valence-electron chi connectivity index (χ1n) is 7.32. The average molecular weight is 320 g/mol. The first-order chi connectivity index (χ1) is 10.6. The molecule has 3 rings (SSSR count). The second kappa shape index (κ2) is 6.10. The highest BCUT2D eigenvalue weighted by atomic mass is 35.5. The van der Waals surface area contributed by atoms with Crippen molar-refractivity contribution in [1.29, 1.82) is 0 Å². The summed E-state index contributed by atoms with van der Waals surface area (Å²) in [6, 6.07) is 9.09. The Morgan fingerprint density at radius 3 is 3.00 bits per heavy atom. The SMILES string of the molecule is CC1CC(CN)CN1C(=O)c1cc(-c2cccc(Cl)c2)on1. The summed E-state index contributed by atoms with van der Waals surface area (Å²) < 4.78 is 5.29. The molecule has 1 aromatic carbocycles. The third-order valence-corrected chi connectivity index (χ3v) is 4.33. The Bertz CT molecular complexity index is 686. The number of hydrogen-bond acceptors (Lipinski definition) is 4. The molecular weight excluding hydrogens is 302 g/mol. The van der Waals surface area contributed by atoms with Crippen LogP contribution >= 0.6 is 11.6 Å².